The molecular weight excluding hydrogens is 243 g/mol. The van der Waals surface area contributed by atoms with Crippen LogP contribution in [0.2, 0.25) is 0 Å². The summed E-state index contributed by atoms with van der Waals surface area (Å²) in [6.07, 6.45) is 0. The zero-order valence-electron chi connectivity index (χ0n) is 9.39. The van der Waals surface area contributed by atoms with Crippen molar-refractivity contribution in [2.75, 3.05) is 26.2 Å². The summed E-state index contributed by atoms with van der Waals surface area (Å²) in [5.41, 5.74) is 0.489. The van der Waals surface area contributed by atoms with Gasteiger partial charge in [0.1, 0.15) is 5.82 Å². The average Bonchev–Trinajstić information content (AvgIpc) is 2.29. The van der Waals surface area contributed by atoms with Crippen LogP contribution in [0.5, 0.6) is 0 Å². The van der Waals surface area contributed by atoms with Crippen molar-refractivity contribution in [3.05, 3.63) is 35.6 Å². The second-order valence-corrected chi connectivity index (χ2v) is 6.00. The number of hydrogen-bond acceptors (Lipinski definition) is 3. The van der Waals surface area contributed by atoms with Crippen molar-refractivity contribution in [2.24, 2.45) is 0 Å². The molecule has 0 saturated carbocycles. The zero-order valence-corrected chi connectivity index (χ0v) is 10.2. The molecule has 17 heavy (non-hydrogen) atoms. The second kappa shape index (κ2) is 5.12. The van der Waals surface area contributed by atoms with E-state index in [9.17, 15) is 12.8 Å². The van der Waals surface area contributed by atoms with Crippen molar-refractivity contribution in [1.82, 2.24) is 9.62 Å². The molecule has 0 radical (unpaired) electrons. The Morgan fingerprint density at radius 3 is 2.65 bits per heavy atom. The largest absolute Gasteiger partial charge is 0.314 e. The third-order valence-corrected chi connectivity index (χ3v) is 4.56. The minimum absolute atomic E-state index is 0.134. The van der Waals surface area contributed by atoms with Crippen LogP contribution in [0.25, 0.3) is 0 Å². The monoisotopic (exact) mass is 258 g/mol. The fourth-order valence-corrected chi connectivity index (χ4v) is 3.37. The van der Waals surface area contributed by atoms with E-state index in [-0.39, 0.29) is 5.75 Å². The molecule has 0 aliphatic carbocycles. The second-order valence-electron chi connectivity index (χ2n) is 4.04. The molecule has 1 aliphatic rings. The summed E-state index contributed by atoms with van der Waals surface area (Å²) in [7, 11) is -3.33. The molecule has 0 unspecified atom stereocenters. The van der Waals surface area contributed by atoms with Crippen LogP contribution in [-0.2, 0) is 15.8 Å². The predicted octanol–water partition coefficient (Wildman–Crippen LogP) is 0.561. The van der Waals surface area contributed by atoms with E-state index in [0.717, 1.165) is 0 Å². The molecule has 1 aliphatic heterocycles. The van der Waals surface area contributed by atoms with E-state index in [1.165, 1.54) is 22.5 Å². The van der Waals surface area contributed by atoms with Crippen molar-refractivity contribution in [3.8, 4) is 0 Å². The van der Waals surface area contributed by atoms with Crippen LogP contribution < -0.4 is 5.32 Å². The first-order valence-electron chi connectivity index (χ1n) is 5.51. The van der Waals surface area contributed by atoms with E-state index in [1.807, 2.05) is 0 Å². The highest BCUT2D eigenvalue weighted by atomic mass is 32.2. The minimum atomic E-state index is -3.33. The van der Waals surface area contributed by atoms with Gasteiger partial charge in [-0.3, -0.25) is 0 Å². The molecule has 0 atom stereocenters. The summed E-state index contributed by atoms with van der Waals surface area (Å²) in [5.74, 6) is -0.539. The number of nitrogens with zero attached hydrogens (tertiary/aromatic N) is 1. The van der Waals surface area contributed by atoms with Gasteiger partial charge in [0.15, 0.2) is 0 Å². The maximum Gasteiger partial charge on any atom is 0.218 e. The summed E-state index contributed by atoms with van der Waals surface area (Å²) >= 11 is 0. The van der Waals surface area contributed by atoms with Gasteiger partial charge in [0.2, 0.25) is 10.0 Å². The van der Waals surface area contributed by atoms with Crippen molar-refractivity contribution in [2.45, 2.75) is 5.75 Å². The first kappa shape index (κ1) is 12.5. The lowest BCUT2D eigenvalue weighted by Crippen LogP contribution is -2.46. The Morgan fingerprint density at radius 1 is 1.29 bits per heavy atom. The van der Waals surface area contributed by atoms with E-state index in [0.29, 0.717) is 31.7 Å². The maximum atomic E-state index is 13.0. The van der Waals surface area contributed by atoms with E-state index < -0.39 is 15.8 Å². The van der Waals surface area contributed by atoms with Crippen molar-refractivity contribution in [3.63, 3.8) is 0 Å². The molecule has 1 fully saturated rings. The Bertz CT molecular complexity index is 484. The van der Waals surface area contributed by atoms with Gasteiger partial charge >= 0.3 is 0 Å². The molecule has 0 spiro atoms. The predicted molar refractivity (Wildman–Crippen MR) is 63.5 cm³/mol. The van der Waals surface area contributed by atoms with Gasteiger partial charge in [-0.05, 0) is 17.7 Å². The first-order valence-corrected chi connectivity index (χ1v) is 7.12. The lowest BCUT2D eigenvalue weighted by Gasteiger charge is -2.26. The third-order valence-electron chi connectivity index (χ3n) is 2.71. The van der Waals surface area contributed by atoms with Crippen LogP contribution in [0, 0.1) is 5.82 Å². The van der Waals surface area contributed by atoms with Crippen LogP contribution in [0.3, 0.4) is 0 Å². The first-order chi connectivity index (χ1) is 8.08. The Kier molecular flexibility index (Phi) is 3.76. The fraction of sp³-hybridized carbons (Fsp3) is 0.455. The van der Waals surface area contributed by atoms with Gasteiger partial charge in [-0.15, -0.1) is 0 Å². The van der Waals surface area contributed by atoms with Gasteiger partial charge < -0.3 is 5.32 Å². The quantitative estimate of drug-likeness (QED) is 0.862. The maximum absolute atomic E-state index is 13.0. The van der Waals surface area contributed by atoms with Crippen LogP contribution >= 0.6 is 0 Å². The number of sulfonamides is 1. The van der Waals surface area contributed by atoms with Gasteiger partial charge in [0.05, 0.1) is 5.75 Å². The summed E-state index contributed by atoms with van der Waals surface area (Å²) in [6.45, 7) is 2.31. The van der Waals surface area contributed by atoms with E-state index in [1.54, 1.807) is 6.07 Å². The standard InChI is InChI=1S/C11H15FN2O2S/c12-11-3-1-2-10(8-11)9-17(15,16)14-6-4-13-5-7-14/h1-3,8,13H,4-7,9H2. The molecule has 4 nitrogen and oxygen atoms in total. The lowest BCUT2D eigenvalue weighted by atomic mass is 10.2. The number of rotatable bonds is 3. The lowest BCUT2D eigenvalue weighted by molar-refractivity contribution is 0.359. The van der Waals surface area contributed by atoms with Crippen molar-refractivity contribution < 1.29 is 12.8 Å². The Balaban J connectivity index is 2.11. The molecular formula is C11H15FN2O2S. The number of nitrogens with one attached hydrogen (secondary N) is 1. The van der Waals surface area contributed by atoms with E-state index >= 15 is 0 Å². The normalized spacial score (nSPS) is 18.2. The molecule has 1 aromatic rings. The minimum Gasteiger partial charge on any atom is -0.314 e. The zero-order chi connectivity index (χ0) is 12.3. The number of piperazine rings is 1. The van der Waals surface area contributed by atoms with Crippen LogP contribution in [0.1, 0.15) is 5.56 Å². The Hall–Kier alpha value is -0.980. The summed E-state index contributed by atoms with van der Waals surface area (Å²) < 4.78 is 38.5. The van der Waals surface area contributed by atoms with Crippen molar-refractivity contribution >= 4 is 10.0 Å². The molecule has 2 rings (SSSR count). The third kappa shape index (κ3) is 3.24. The van der Waals surface area contributed by atoms with E-state index in [2.05, 4.69) is 5.32 Å². The highest BCUT2D eigenvalue weighted by Crippen LogP contribution is 2.12. The molecule has 0 amide bonds. The molecule has 1 N–H and O–H groups in total. The summed E-state index contributed by atoms with van der Waals surface area (Å²) in [5, 5.41) is 3.09. The molecule has 0 aromatic heterocycles. The number of benzene rings is 1. The van der Waals surface area contributed by atoms with Gasteiger partial charge in [-0.1, -0.05) is 12.1 Å². The highest BCUT2D eigenvalue weighted by Gasteiger charge is 2.23. The SMILES string of the molecule is O=S(=O)(Cc1cccc(F)c1)N1CCNCC1. The van der Waals surface area contributed by atoms with E-state index in [4.69, 9.17) is 0 Å². The molecule has 1 heterocycles. The molecule has 0 bridgehead atoms. The fourth-order valence-electron chi connectivity index (χ4n) is 1.85. The molecule has 94 valence electrons. The Morgan fingerprint density at radius 2 is 2.00 bits per heavy atom. The van der Waals surface area contributed by atoms with Crippen LogP contribution in [0.4, 0.5) is 4.39 Å². The smallest absolute Gasteiger partial charge is 0.218 e. The number of halogens is 1. The highest BCUT2D eigenvalue weighted by molar-refractivity contribution is 7.88. The van der Waals surface area contributed by atoms with Gasteiger partial charge in [-0.2, -0.15) is 4.31 Å². The van der Waals surface area contributed by atoms with Crippen LogP contribution in [-0.4, -0.2) is 38.9 Å². The summed E-state index contributed by atoms with van der Waals surface area (Å²) in [4.78, 5) is 0. The molecule has 1 saturated heterocycles. The van der Waals surface area contributed by atoms with Crippen molar-refractivity contribution in [1.29, 1.82) is 0 Å². The average molecular weight is 258 g/mol. The number of hydrogen-bond donors (Lipinski definition) is 1. The molecule has 6 heteroatoms. The topological polar surface area (TPSA) is 49.4 Å². The molecule has 1 aromatic carbocycles. The van der Waals surface area contributed by atoms with Gasteiger partial charge in [0, 0.05) is 26.2 Å². The van der Waals surface area contributed by atoms with Gasteiger partial charge in [0.25, 0.3) is 0 Å². The summed E-state index contributed by atoms with van der Waals surface area (Å²) in [6, 6.07) is 5.72. The Labute approximate surface area is 100 Å². The van der Waals surface area contributed by atoms with Gasteiger partial charge in [-0.25, -0.2) is 12.8 Å². The van der Waals surface area contributed by atoms with Crippen LogP contribution in [0.15, 0.2) is 24.3 Å².